The minimum Gasteiger partial charge on any atom is -0.444 e. The number of imidazole rings is 1. The molecule has 208 valence electrons. The second-order valence-electron chi connectivity index (χ2n) is 10.7. The van der Waals surface area contributed by atoms with Gasteiger partial charge in [-0.15, -0.1) is 0 Å². The van der Waals surface area contributed by atoms with E-state index < -0.39 is 11.7 Å². The van der Waals surface area contributed by atoms with E-state index in [-0.39, 0.29) is 0 Å². The van der Waals surface area contributed by atoms with Gasteiger partial charge in [-0.05, 0) is 57.2 Å². The van der Waals surface area contributed by atoms with Gasteiger partial charge in [0.05, 0.1) is 42.0 Å². The van der Waals surface area contributed by atoms with Crippen LogP contribution in [0.2, 0.25) is 0 Å². The highest BCUT2D eigenvalue weighted by atomic mass is 16.6. The zero-order valence-electron chi connectivity index (χ0n) is 23.2. The molecule has 1 saturated heterocycles. The van der Waals surface area contributed by atoms with Gasteiger partial charge in [-0.25, -0.2) is 24.7 Å². The van der Waals surface area contributed by atoms with Gasteiger partial charge < -0.3 is 14.4 Å². The molecule has 1 amide bonds. The Bertz CT molecular complexity index is 1730. The van der Waals surface area contributed by atoms with Crippen LogP contribution in [0.1, 0.15) is 32.2 Å². The number of benzene rings is 1. The predicted octanol–water partition coefficient (Wildman–Crippen LogP) is 5.69. The molecule has 5 heterocycles. The molecule has 0 bridgehead atoms. The molecule has 0 spiro atoms. The van der Waals surface area contributed by atoms with Crippen LogP contribution in [-0.4, -0.2) is 62.3 Å². The highest BCUT2D eigenvalue weighted by Crippen LogP contribution is 2.28. The van der Waals surface area contributed by atoms with Crippen molar-refractivity contribution in [1.82, 2.24) is 24.3 Å². The van der Waals surface area contributed by atoms with Crippen LogP contribution in [-0.2, 0) is 9.47 Å². The Hall–Kier alpha value is -4.83. The van der Waals surface area contributed by atoms with Crippen molar-refractivity contribution in [2.24, 2.45) is 0 Å². The topological polar surface area (TPSA) is 107 Å². The first-order valence-corrected chi connectivity index (χ1v) is 13.5. The van der Waals surface area contributed by atoms with Gasteiger partial charge in [0.15, 0.2) is 11.5 Å². The van der Waals surface area contributed by atoms with Crippen molar-refractivity contribution in [3.8, 4) is 11.3 Å². The summed E-state index contributed by atoms with van der Waals surface area (Å²) in [6.45, 7) is 8.22. The van der Waals surface area contributed by atoms with Crippen molar-refractivity contribution >= 4 is 46.4 Å². The van der Waals surface area contributed by atoms with E-state index in [0.29, 0.717) is 19.0 Å². The number of aromatic nitrogens is 5. The second-order valence-corrected chi connectivity index (χ2v) is 10.7. The molecule has 1 aliphatic heterocycles. The van der Waals surface area contributed by atoms with Gasteiger partial charge in [0.1, 0.15) is 11.4 Å². The van der Waals surface area contributed by atoms with Crippen molar-refractivity contribution < 1.29 is 14.3 Å². The van der Waals surface area contributed by atoms with Gasteiger partial charge in [-0.2, -0.15) is 0 Å². The zero-order chi connectivity index (χ0) is 28.4. The van der Waals surface area contributed by atoms with Gasteiger partial charge in [-0.1, -0.05) is 24.3 Å². The van der Waals surface area contributed by atoms with Gasteiger partial charge in [-0.3, -0.25) is 9.72 Å². The molecule has 4 aromatic heterocycles. The number of rotatable bonds is 5. The number of morpholine rings is 1. The zero-order valence-corrected chi connectivity index (χ0v) is 23.2. The van der Waals surface area contributed by atoms with Gasteiger partial charge >= 0.3 is 6.09 Å². The molecule has 0 saturated carbocycles. The minimum absolute atomic E-state index is 0.397. The van der Waals surface area contributed by atoms with Crippen molar-refractivity contribution in [2.75, 3.05) is 36.5 Å². The number of para-hydroxylation sites is 1. The summed E-state index contributed by atoms with van der Waals surface area (Å²) in [5.41, 5.74) is 4.37. The molecule has 0 unspecified atom stereocenters. The van der Waals surface area contributed by atoms with E-state index in [2.05, 4.69) is 27.3 Å². The van der Waals surface area contributed by atoms with Crippen molar-refractivity contribution in [3.05, 3.63) is 78.5 Å². The van der Waals surface area contributed by atoms with Crippen LogP contribution in [0.5, 0.6) is 0 Å². The fourth-order valence-electron chi connectivity index (χ4n) is 4.65. The smallest absolute Gasteiger partial charge is 0.413 e. The molecule has 1 aliphatic rings. The quantitative estimate of drug-likeness (QED) is 0.298. The Balaban J connectivity index is 1.33. The third kappa shape index (κ3) is 6.02. The van der Waals surface area contributed by atoms with Crippen LogP contribution in [0, 0.1) is 0 Å². The first-order valence-electron chi connectivity index (χ1n) is 13.5. The maximum atomic E-state index is 12.2. The molecule has 6 rings (SSSR count). The Morgan fingerprint density at radius 2 is 1.76 bits per heavy atom. The number of nitrogens with zero attached hydrogens (tertiary/aromatic N) is 6. The lowest BCUT2D eigenvalue weighted by molar-refractivity contribution is 0.0635. The summed E-state index contributed by atoms with van der Waals surface area (Å²) in [7, 11) is 0. The summed E-state index contributed by atoms with van der Waals surface area (Å²) >= 11 is 0. The third-order valence-corrected chi connectivity index (χ3v) is 6.54. The van der Waals surface area contributed by atoms with E-state index >= 15 is 0 Å². The summed E-state index contributed by atoms with van der Waals surface area (Å²) in [4.78, 5) is 33.3. The van der Waals surface area contributed by atoms with Crippen molar-refractivity contribution in [2.45, 2.75) is 26.4 Å². The molecule has 10 heteroatoms. The maximum Gasteiger partial charge on any atom is 0.413 e. The minimum atomic E-state index is -0.596. The predicted molar refractivity (Wildman–Crippen MR) is 160 cm³/mol. The van der Waals surface area contributed by atoms with Crippen LogP contribution in [0.25, 0.3) is 40.0 Å². The standard InChI is InChI=1S/C31H31N7O3/c1-31(2,3)41-30(39)36-27-13-9-22(18-32-27)26-19-33-28(37-14-16-40-17-15-37)29-35-24(20-38(26)29)12-11-23-10-8-21-6-4-5-7-25(21)34-23/h4-13,18-20H,14-17H2,1-3H3,(H,32,36,39)/b12-11+. The molecule has 0 radical (unpaired) electrons. The molecule has 5 aromatic rings. The summed E-state index contributed by atoms with van der Waals surface area (Å²) in [6, 6.07) is 15.7. The molecule has 41 heavy (non-hydrogen) atoms. The molecular weight excluding hydrogens is 518 g/mol. The molecular formula is C31H31N7O3. The van der Waals surface area contributed by atoms with Crippen LogP contribution >= 0.6 is 0 Å². The SMILES string of the molecule is CC(C)(C)OC(=O)Nc1ccc(-c2cnc(N3CCOCC3)c3nc(/C=C/c4ccc5ccccc5n4)cn23)cn1. The number of hydrogen-bond donors (Lipinski definition) is 1. The number of nitrogens with one attached hydrogen (secondary N) is 1. The number of carbonyl (C=O) groups excluding carboxylic acids is 1. The van der Waals surface area contributed by atoms with E-state index in [9.17, 15) is 4.79 Å². The fourth-order valence-corrected chi connectivity index (χ4v) is 4.65. The molecule has 0 aliphatic carbocycles. The van der Waals surface area contributed by atoms with Crippen LogP contribution in [0.4, 0.5) is 16.4 Å². The Morgan fingerprint density at radius 1 is 0.951 bits per heavy atom. The number of anilines is 2. The largest absolute Gasteiger partial charge is 0.444 e. The van der Waals surface area contributed by atoms with E-state index in [4.69, 9.17) is 24.4 Å². The monoisotopic (exact) mass is 549 g/mol. The summed E-state index contributed by atoms with van der Waals surface area (Å²) in [5.74, 6) is 1.20. The van der Waals surface area contributed by atoms with Crippen LogP contribution < -0.4 is 10.2 Å². The van der Waals surface area contributed by atoms with Crippen LogP contribution in [0.15, 0.2) is 67.1 Å². The van der Waals surface area contributed by atoms with E-state index in [1.807, 2.05) is 80.0 Å². The molecule has 1 N–H and O–H groups in total. The normalized spacial score (nSPS) is 14.2. The average molecular weight is 550 g/mol. The summed E-state index contributed by atoms with van der Waals surface area (Å²) in [6.07, 6.45) is 8.89. The number of pyridine rings is 2. The Kier molecular flexibility index (Phi) is 7.07. The average Bonchev–Trinajstić information content (AvgIpc) is 3.40. The lowest BCUT2D eigenvalue weighted by atomic mass is 10.2. The van der Waals surface area contributed by atoms with E-state index in [1.54, 1.807) is 12.3 Å². The summed E-state index contributed by atoms with van der Waals surface area (Å²) in [5, 5.41) is 3.77. The highest BCUT2D eigenvalue weighted by molar-refractivity contribution is 5.84. The van der Waals surface area contributed by atoms with Crippen LogP contribution in [0.3, 0.4) is 0 Å². The Morgan fingerprint density at radius 3 is 2.54 bits per heavy atom. The number of hydrogen-bond acceptors (Lipinski definition) is 8. The Labute approximate surface area is 237 Å². The lowest BCUT2D eigenvalue weighted by Crippen LogP contribution is -2.37. The number of amides is 1. The van der Waals surface area contributed by atoms with E-state index in [1.165, 1.54) is 0 Å². The summed E-state index contributed by atoms with van der Waals surface area (Å²) < 4.78 is 12.9. The van der Waals surface area contributed by atoms with Crippen molar-refractivity contribution in [3.63, 3.8) is 0 Å². The second kappa shape index (κ2) is 11.0. The molecule has 0 atom stereocenters. The van der Waals surface area contributed by atoms with Gasteiger partial charge in [0.2, 0.25) is 0 Å². The maximum absolute atomic E-state index is 12.2. The third-order valence-electron chi connectivity index (χ3n) is 6.54. The first-order chi connectivity index (χ1) is 19.8. The van der Waals surface area contributed by atoms with Gasteiger partial charge in [0.25, 0.3) is 0 Å². The molecule has 1 fully saturated rings. The first kappa shape index (κ1) is 26.4. The number of fused-ring (bicyclic) bond motifs is 2. The highest BCUT2D eigenvalue weighted by Gasteiger charge is 2.20. The number of ether oxygens (including phenoxy) is 2. The fraction of sp³-hybridized carbons (Fsp3) is 0.258. The number of carbonyl (C=O) groups is 1. The van der Waals surface area contributed by atoms with E-state index in [0.717, 1.165) is 58.1 Å². The molecule has 10 nitrogen and oxygen atoms in total. The molecule has 1 aromatic carbocycles. The van der Waals surface area contributed by atoms with Gasteiger partial charge in [0, 0.05) is 36.4 Å². The van der Waals surface area contributed by atoms with Crippen molar-refractivity contribution in [1.29, 1.82) is 0 Å². The lowest BCUT2D eigenvalue weighted by Gasteiger charge is -2.28.